The van der Waals surface area contributed by atoms with E-state index in [1.165, 1.54) is 0 Å². The minimum atomic E-state index is -4.53. The van der Waals surface area contributed by atoms with E-state index >= 15 is 0 Å². The predicted octanol–water partition coefficient (Wildman–Crippen LogP) is 4.36. The maximum Gasteiger partial charge on any atom is 0.416 e. The Labute approximate surface area is 120 Å². The molecule has 0 aliphatic rings. The average Bonchev–Trinajstić information content (AvgIpc) is 2.36. The normalized spacial score (nSPS) is 12.5. The van der Waals surface area contributed by atoms with Crippen LogP contribution < -0.4 is 5.56 Å². The number of benzene rings is 1. The molecule has 5 heteroatoms. The van der Waals surface area contributed by atoms with Crippen LogP contribution in [0.5, 0.6) is 0 Å². The molecular weight excluding hydrogens is 279 g/mol. The molecule has 2 rings (SSSR count). The van der Waals surface area contributed by atoms with Gasteiger partial charge in [0.15, 0.2) is 0 Å². The molecule has 0 bridgehead atoms. The van der Waals surface area contributed by atoms with Crippen molar-refractivity contribution in [2.24, 2.45) is 0 Å². The average molecular weight is 295 g/mol. The third kappa shape index (κ3) is 3.54. The second kappa shape index (κ2) is 5.06. The van der Waals surface area contributed by atoms with E-state index < -0.39 is 17.3 Å². The van der Waals surface area contributed by atoms with Gasteiger partial charge in [-0.3, -0.25) is 4.79 Å². The maximum atomic E-state index is 12.7. The molecule has 1 N–H and O–H groups in total. The summed E-state index contributed by atoms with van der Waals surface area (Å²) in [6.07, 6.45) is -4.53. The molecule has 1 heterocycles. The first kappa shape index (κ1) is 15.4. The number of alkyl halides is 3. The number of H-pyrrole nitrogens is 1. The number of hydrogen-bond donors (Lipinski definition) is 1. The number of aromatic amines is 1. The van der Waals surface area contributed by atoms with Crippen LogP contribution in [0.3, 0.4) is 0 Å². The molecule has 0 fully saturated rings. The molecule has 21 heavy (non-hydrogen) atoms. The number of aromatic nitrogens is 1. The fourth-order valence-electron chi connectivity index (χ4n) is 2.01. The van der Waals surface area contributed by atoms with E-state index in [2.05, 4.69) is 4.98 Å². The third-order valence-electron chi connectivity index (χ3n) is 3.23. The Morgan fingerprint density at radius 1 is 0.905 bits per heavy atom. The van der Waals surface area contributed by atoms with Crippen molar-refractivity contribution >= 4 is 0 Å². The highest BCUT2D eigenvalue weighted by Crippen LogP contribution is 2.31. The first-order valence-corrected chi connectivity index (χ1v) is 6.50. The lowest BCUT2D eigenvalue weighted by atomic mass is 9.86. The highest BCUT2D eigenvalue weighted by atomic mass is 19.4. The molecule has 2 aromatic rings. The second-order valence-corrected chi connectivity index (χ2v) is 5.97. The van der Waals surface area contributed by atoms with E-state index in [4.69, 9.17) is 0 Å². The van der Waals surface area contributed by atoms with Crippen molar-refractivity contribution in [3.05, 3.63) is 57.9 Å². The van der Waals surface area contributed by atoms with E-state index in [1.54, 1.807) is 12.1 Å². The van der Waals surface area contributed by atoms with Crippen molar-refractivity contribution in [2.45, 2.75) is 32.4 Å². The lowest BCUT2D eigenvalue weighted by Crippen LogP contribution is -2.14. The van der Waals surface area contributed by atoms with Crippen LogP contribution in [-0.4, -0.2) is 4.98 Å². The quantitative estimate of drug-likeness (QED) is 0.833. The maximum absolute atomic E-state index is 12.7. The molecule has 1 aromatic carbocycles. The molecule has 1 aromatic heterocycles. The van der Waals surface area contributed by atoms with Crippen molar-refractivity contribution in [1.29, 1.82) is 0 Å². The molecule has 0 spiro atoms. The van der Waals surface area contributed by atoms with Crippen LogP contribution in [0.4, 0.5) is 13.2 Å². The zero-order valence-corrected chi connectivity index (χ0v) is 12.0. The third-order valence-corrected chi connectivity index (χ3v) is 3.23. The Morgan fingerprint density at radius 2 is 1.48 bits per heavy atom. The highest BCUT2D eigenvalue weighted by Gasteiger charge is 2.31. The molecule has 0 amide bonds. The predicted molar refractivity (Wildman–Crippen MR) is 76.2 cm³/mol. The summed E-state index contributed by atoms with van der Waals surface area (Å²) >= 11 is 0. The van der Waals surface area contributed by atoms with Crippen LogP contribution in [0, 0.1) is 0 Å². The van der Waals surface area contributed by atoms with Gasteiger partial charge in [0.1, 0.15) is 0 Å². The van der Waals surface area contributed by atoms with Crippen LogP contribution >= 0.6 is 0 Å². The Hall–Kier alpha value is -2.04. The number of pyridine rings is 1. The summed E-state index contributed by atoms with van der Waals surface area (Å²) in [5.74, 6) is 0. The summed E-state index contributed by atoms with van der Waals surface area (Å²) in [6, 6.07) is 8.65. The smallest absolute Gasteiger partial charge is 0.322 e. The monoisotopic (exact) mass is 295 g/mol. The molecular formula is C16H16F3NO. The van der Waals surface area contributed by atoms with Crippen molar-refractivity contribution < 1.29 is 13.2 Å². The van der Waals surface area contributed by atoms with E-state index in [1.807, 2.05) is 32.9 Å². The van der Waals surface area contributed by atoms with Crippen molar-refractivity contribution in [1.82, 2.24) is 4.98 Å². The number of nitrogens with one attached hydrogen (secondary N) is 1. The minimum absolute atomic E-state index is 0.0419. The summed E-state index contributed by atoms with van der Waals surface area (Å²) in [4.78, 5) is 13.8. The molecule has 0 aliphatic carbocycles. The topological polar surface area (TPSA) is 32.9 Å². The Kier molecular flexibility index (Phi) is 3.70. The van der Waals surface area contributed by atoms with Crippen molar-refractivity contribution in [2.75, 3.05) is 0 Å². The number of halogens is 3. The summed E-state index contributed by atoms with van der Waals surface area (Å²) in [5, 5.41) is 0. The highest BCUT2D eigenvalue weighted by molar-refractivity contribution is 5.60. The molecule has 112 valence electrons. The van der Waals surface area contributed by atoms with Gasteiger partial charge < -0.3 is 4.98 Å². The largest absolute Gasteiger partial charge is 0.416 e. The Bertz CT molecular complexity index is 691. The molecule has 0 aliphatic heterocycles. The lowest BCUT2D eigenvalue weighted by Gasteiger charge is -2.19. The van der Waals surface area contributed by atoms with E-state index in [-0.39, 0.29) is 11.1 Å². The van der Waals surface area contributed by atoms with Crippen LogP contribution in [-0.2, 0) is 11.6 Å². The zero-order chi connectivity index (χ0) is 15.8. The number of rotatable bonds is 1. The van der Waals surface area contributed by atoms with Gasteiger partial charge >= 0.3 is 6.18 Å². The summed E-state index contributed by atoms with van der Waals surface area (Å²) in [5.41, 5.74) is 0.0302. The fraction of sp³-hybridized carbons (Fsp3) is 0.312. The van der Waals surface area contributed by atoms with Crippen molar-refractivity contribution in [3.8, 4) is 11.3 Å². The first-order chi connectivity index (χ1) is 9.57. The molecule has 2 nitrogen and oxygen atoms in total. The Balaban J connectivity index is 2.48. The fourth-order valence-corrected chi connectivity index (χ4v) is 2.01. The lowest BCUT2D eigenvalue weighted by molar-refractivity contribution is -0.137. The van der Waals surface area contributed by atoms with Gasteiger partial charge in [-0.2, -0.15) is 13.2 Å². The number of hydrogen-bond acceptors (Lipinski definition) is 1. The molecule has 0 atom stereocenters. The van der Waals surface area contributed by atoms with Gasteiger partial charge in [0, 0.05) is 11.8 Å². The Morgan fingerprint density at radius 3 is 1.95 bits per heavy atom. The van der Waals surface area contributed by atoms with Crippen LogP contribution in [0.1, 0.15) is 31.9 Å². The standard InChI is InChI=1S/C16H16F3NO/c1-15(2,3)11-6-4-10(5-7-11)13-8-12(16(17,18)19)9-14(21)20-13/h4-9H,1-3H3,(H,20,21). The van der Waals surface area contributed by atoms with Gasteiger partial charge in [-0.25, -0.2) is 0 Å². The molecule has 0 saturated carbocycles. The van der Waals surface area contributed by atoms with Crippen molar-refractivity contribution in [3.63, 3.8) is 0 Å². The van der Waals surface area contributed by atoms with Gasteiger partial charge in [0.2, 0.25) is 5.56 Å². The van der Waals surface area contributed by atoms with Gasteiger partial charge in [-0.15, -0.1) is 0 Å². The summed E-state index contributed by atoms with van der Waals surface area (Å²) in [7, 11) is 0. The van der Waals surface area contributed by atoms with Crippen LogP contribution in [0.2, 0.25) is 0 Å². The minimum Gasteiger partial charge on any atom is -0.322 e. The summed E-state index contributed by atoms with van der Waals surface area (Å²) in [6.45, 7) is 6.15. The van der Waals surface area contributed by atoms with Crippen LogP contribution in [0.25, 0.3) is 11.3 Å². The van der Waals surface area contributed by atoms with Crippen LogP contribution in [0.15, 0.2) is 41.2 Å². The van der Waals surface area contributed by atoms with E-state index in [0.29, 0.717) is 11.6 Å². The van der Waals surface area contributed by atoms with Gasteiger partial charge in [-0.05, 0) is 22.6 Å². The SMILES string of the molecule is CC(C)(C)c1ccc(-c2cc(C(F)(F)F)cc(=O)[nH]2)cc1. The molecule has 0 saturated heterocycles. The van der Waals surface area contributed by atoms with Gasteiger partial charge in [0.25, 0.3) is 0 Å². The van der Waals surface area contributed by atoms with Gasteiger partial charge in [0.05, 0.1) is 5.56 Å². The van der Waals surface area contributed by atoms with Gasteiger partial charge in [-0.1, -0.05) is 45.0 Å². The van der Waals surface area contributed by atoms with E-state index in [9.17, 15) is 18.0 Å². The molecule has 0 unspecified atom stereocenters. The first-order valence-electron chi connectivity index (χ1n) is 6.50. The summed E-state index contributed by atoms with van der Waals surface area (Å²) < 4.78 is 38.2. The zero-order valence-electron chi connectivity index (χ0n) is 12.0. The molecule has 0 radical (unpaired) electrons. The second-order valence-electron chi connectivity index (χ2n) is 5.97. The van der Waals surface area contributed by atoms with E-state index in [0.717, 1.165) is 11.6 Å².